The summed E-state index contributed by atoms with van der Waals surface area (Å²) in [5, 5.41) is 0. The fraction of sp³-hybridized carbons (Fsp3) is 0.300. The number of nitrogens with zero attached hydrogens (tertiary/aromatic N) is 2. The van der Waals surface area contributed by atoms with Gasteiger partial charge in [0.2, 0.25) is 5.82 Å². The molecular formula is C10H10F3N3. The van der Waals surface area contributed by atoms with Gasteiger partial charge in [0.15, 0.2) is 0 Å². The molecule has 0 radical (unpaired) electrons. The van der Waals surface area contributed by atoms with Gasteiger partial charge in [0, 0.05) is 13.6 Å². The van der Waals surface area contributed by atoms with E-state index in [2.05, 4.69) is 4.98 Å². The molecule has 2 aromatic rings. The fourth-order valence-electron chi connectivity index (χ4n) is 1.63. The number of fused-ring (bicyclic) bond motifs is 1. The molecule has 0 fully saturated rings. The van der Waals surface area contributed by atoms with Crippen molar-refractivity contribution in [3.05, 3.63) is 29.6 Å². The molecule has 1 aromatic carbocycles. The largest absolute Gasteiger partial charge is 0.449 e. The number of hydrogen-bond donors (Lipinski definition) is 1. The Morgan fingerprint density at radius 2 is 2.06 bits per heavy atom. The Balaban J connectivity index is 2.68. The van der Waals surface area contributed by atoms with Crippen molar-refractivity contribution in [1.82, 2.24) is 9.55 Å². The molecule has 0 aliphatic carbocycles. The fourth-order valence-corrected chi connectivity index (χ4v) is 1.63. The third-order valence-electron chi connectivity index (χ3n) is 2.43. The van der Waals surface area contributed by atoms with E-state index in [4.69, 9.17) is 5.73 Å². The number of alkyl halides is 3. The molecule has 0 spiro atoms. The molecular weight excluding hydrogens is 219 g/mol. The van der Waals surface area contributed by atoms with Crippen LogP contribution >= 0.6 is 0 Å². The molecule has 0 atom stereocenters. The Labute approximate surface area is 89.7 Å². The second kappa shape index (κ2) is 3.48. The zero-order valence-corrected chi connectivity index (χ0v) is 8.54. The van der Waals surface area contributed by atoms with Crippen molar-refractivity contribution in [3.8, 4) is 0 Å². The molecule has 1 aromatic heterocycles. The third-order valence-corrected chi connectivity index (χ3v) is 2.43. The second-order valence-corrected chi connectivity index (χ2v) is 3.52. The Morgan fingerprint density at radius 3 is 2.62 bits per heavy atom. The van der Waals surface area contributed by atoms with Crippen LogP contribution in [0.25, 0.3) is 11.0 Å². The van der Waals surface area contributed by atoms with Gasteiger partial charge in [-0.05, 0) is 17.7 Å². The SMILES string of the molecule is Cn1c(C(F)(F)F)nc2cc(CN)ccc21. The quantitative estimate of drug-likeness (QED) is 0.813. The van der Waals surface area contributed by atoms with Gasteiger partial charge in [-0.3, -0.25) is 0 Å². The average molecular weight is 229 g/mol. The Bertz CT molecular complexity index is 528. The first kappa shape index (κ1) is 10.9. The summed E-state index contributed by atoms with van der Waals surface area (Å²) in [6.45, 7) is 0.286. The molecule has 0 unspecified atom stereocenters. The van der Waals surface area contributed by atoms with Crippen molar-refractivity contribution < 1.29 is 13.2 Å². The van der Waals surface area contributed by atoms with E-state index in [1.165, 1.54) is 7.05 Å². The van der Waals surface area contributed by atoms with E-state index in [-0.39, 0.29) is 6.54 Å². The number of benzene rings is 1. The van der Waals surface area contributed by atoms with Gasteiger partial charge >= 0.3 is 6.18 Å². The predicted molar refractivity (Wildman–Crippen MR) is 53.6 cm³/mol. The van der Waals surface area contributed by atoms with Crippen LogP contribution in [-0.4, -0.2) is 9.55 Å². The Kier molecular flexibility index (Phi) is 2.38. The zero-order chi connectivity index (χ0) is 11.9. The van der Waals surface area contributed by atoms with Crippen LogP contribution in [0.1, 0.15) is 11.4 Å². The van der Waals surface area contributed by atoms with Gasteiger partial charge in [0.25, 0.3) is 0 Å². The lowest BCUT2D eigenvalue weighted by Crippen LogP contribution is -2.12. The standard InChI is InChI=1S/C10H10F3N3/c1-16-8-3-2-6(5-14)4-7(8)15-9(16)10(11,12)13/h2-4H,5,14H2,1H3. The Morgan fingerprint density at radius 1 is 1.38 bits per heavy atom. The minimum absolute atomic E-state index is 0.286. The third kappa shape index (κ3) is 1.65. The summed E-state index contributed by atoms with van der Waals surface area (Å²) in [5.74, 6) is -0.892. The lowest BCUT2D eigenvalue weighted by Gasteiger charge is -2.05. The molecule has 3 nitrogen and oxygen atoms in total. The minimum atomic E-state index is -4.43. The molecule has 2 rings (SSSR count). The number of rotatable bonds is 1. The summed E-state index contributed by atoms with van der Waals surface area (Å²) in [6.07, 6.45) is -4.43. The highest BCUT2D eigenvalue weighted by Gasteiger charge is 2.36. The number of aromatic nitrogens is 2. The van der Waals surface area contributed by atoms with E-state index >= 15 is 0 Å². The van der Waals surface area contributed by atoms with Gasteiger partial charge in [0.05, 0.1) is 11.0 Å². The molecule has 0 amide bonds. The van der Waals surface area contributed by atoms with Crippen LogP contribution in [0.3, 0.4) is 0 Å². The van der Waals surface area contributed by atoms with Crippen molar-refractivity contribution in [2.24, 2.45) is 12.8 Å². The number of nitrogens with two attached hydrogens (primary N) is 1. The van der Waals surface area contributed by atoms with Gasteiger partial charge < -0.3 is 10.3 Å². The average Bonchev–Trinajstić information content (AvgIpc) is 2.55. The van der Waals surface area contributed by atoms with Crippen molar-refractivity contribution in [2.45, 2.75) is 12.7 Å². The molecule has 0 bridgehead atoms. The highest BCUT2D eigenvalue weighted by molar-refractivity contribution is 5.77. The molecule has 0 aliphatic rings. The topological polar surface area (TPSA) is 43.8 Å². The van der Waals surface area contributed by atoms with Gasteiger partial charge in [-0.2, -0.15) is 13.2 Å². The van der Waals surface area contributed by atoms with Crippen LogP contribution in [0.15, 0.2) is 18.2 Å². The molecule has 1 heterocycles. The molecule has 0 saturated carbocycles. The van der Waals surface area contributed by atoms with Crippen LogP contribution in [-0.2, 0) is 19.8 Å². The van der Waals surface area contributed by atoms with Crippen LogP contribution in [0.2, 0.25) is 0 Å². The second-order valence-electron chi connectivity index (χ2n) is 3.52. The normalized spacial score (nSPS) is 12.3. The van der Waals surface area contributed by atoms with E-state index in [1.807, 2.05) is 0 Å². The first-order chi connectivity index (χ1) is 7.43. The van der Waals surface area contributed by atoms with Crippen molar-refractivity contribution >= 4 is 11.0 Å². The first-order valence-electron chi connectivity index (χ1n) is 4.66. The molecule has 0 aliphatic heterocycles. The summed E-state index contributed by atoms with van der Waals surface area (Å²) in [5.41, 5.74) is 6.94. The highest BCUT2D eigenvalue weighted by Crippen LogP contribution is 2.30. The number of imidazole rings is 1. The monoisotopic (exact) mass is 229 g/mol. The molecule has 2 N–H and O–H groups in total. The highest BCUT2D eigenvalue weighted by atomic mass is 19.4. The lowest BCUT2D eigenvalue weighted by atomic mass is 10.2. The lowest BCUT2D eigenvalue weighted by molar-refractivity contribution is -0.146. The minimum Gasteiger partial charge on any atom is -0.326 e. The van der Waals surface area contributed by atoms with E-state index < -0.39 is 12.0 Å². The predicted octanol–water partition coefficient (Wildman–Crippen LogP) is 2.05. The van der Waals surface area contributed by atoms with E-state index in [0.717, 1.165) is 10.1 Å². The maximum absolute atomic E-state index is 12.6. The van der Waals surface area contributed by atoms with E-state index in [9.17, 15) is 13.2 Å². The van der Waals surface area contributed by atoms with Crippen molar-refractivity contribution in [1.29, 1.82) is 0 Å². The number of hydrogen-bond acceptors (Lipinski definition) is 2. The van der Waals surface area contributed by atoms with Gasteiger partial charge in [0.1, 0.15) is 0 Å². The van der Waals surface area contributed by atoms with Crippen LogP contribution in [0, 0.1) is 0 Å². The van der Waals surface area contributed by atoms with E-state index in [1.54, 1.807) is 18.2 Å². The summed E-state index contributed by atoms with van der Waals surface area (Å²) in [7, 11) is 1.35. The molecule has 86 valence electrons. The van der Waals surface area contributed by atoms with Crippen molar-refractivity contribution in [3.63, 3.8) is 0 Å². The van der Waals surface area contributed by atoms with Crippen molar-refractivity contribution in [2.75, 3.05) is 0 Å². The van der Waals surface area contributed by atoms with Gasteiger partial charge in [-0.25, -0.2) is 4.98 Å². The summed E-state index contributed by atoms with van der Waals surface area (Å²) in [6, 6.07) is 4.87. The molecule has 6 heteroatoms. The summed E-state index contributed by atoms with van der Waals surface area (Å²) < 4.78 is 38.7. The smallest absolute Gasteiger partial charge is 0.326 e. The Hall–Kier alpha value is -1.56. The van der Waals surface area contributed by atoms with Gasteiger partial charge in [-0.15, -0.1) is 0 Å². The van der Waals surface area contributed by atoms with E-state index in [0.29, 0.717) is 11.0 Å². The summed E-state index contributed by atoms with van der Waals surface area (Å²) in [4.78, 5) is 3.57. The molecule has 0 saturated heterocycles. The van der Waals surface area contributed by atoms with Crippen LogP contribution in [0.5, 0.6) is 0 Å². The number of halogens is 3. The number of aryl methyl sites for hydroxylation is 1. The molecule has 16 heavy (non-hydrogen) atoms. The van der Waals surface area contributed by atoms with Gasteiger partial charge in [-0.1, -0.05) is 6.07 Å². The van der Waals surface area contributed by atoms with Crippen LogP contribution in [0.4, 0.5) is 13.2 Å². The maximum Gasteiger partial charge on any atom is 0.449 e. The summed E-state index contributed by atoms with van der Waals surface area (Å²) >= 11 is 0. The zero-order valence-electron chi connectivity index (χ0n) is 8.54. The first-order valence-corrected chi connectivity index (χ1v) is 4.66. The maximum atomic E-state index is 12.6. The van der Waals surface area contributed by atoms with Crippen LogP contribution < -0.4 is 5.73 Å².